The number of nitrogens with zero attached hydrogens (tertiary/aromatic N) is 2. The average Bonchev–Trinajstić information content (AvgIpc) is 3.26. The monoisotopic (exact) mass is 404 g/mol. The fraction of sp³-hybridized carbons (Fsp3) is 0.462. The minimum atomic E-state index is -0.0781. The van der Waals surface area contributed by atoms with E-state index in [4.69, 9.17) is 0 Å². The van der Waals surface area contributed by atoms with Crippen molar-refractivity contribution in [3.63, 3.8) is 0 Å². The molecule has 0 aliphatic carbocycles. The Kier molecular flexibility index (Phi) is 6.21. The largest absolute Gasteiger partial charge is 0.342 e. The molecule has 0 spiro atoms. The summed E-state index contributed by atoms with van der Waals surface area (Å²) in [7, 11) is 0. The highest BCUT2D eigenvalue weighted by atomic mass is 16.2. The van der Waals surface area contributed by atoms with Gasteiger partial charge in [0.25, 0.3) is 0 Å². The summed E-state index contributed by atoms with van der Waals surface area (Å²) in [5.41, 5.74) is 4.85. The van der Waals surface area contributed by atoms with Crippen molar-refractivity contribution in [3.05, 3.63) is 70.8 Å². The predicted octanol–water partition coefficient (Wildman–Crippen LogP) is 4.45. The van der Waals surface area contributed by atoms with Gasteiger partial charge in [0.15, 0.2) is 0 Å². The van der Waals surface area contributed by atoms with Gasteiger partial charge >= 0.3 is 0 Å². The smallest absolute Gasteiger partial charge is 0.227 e. The van der Waals surface area contributed by atoms with Crippen molar-refractivity contribution in [2.45, 2.75) is 52.0 Å². The Labute approximate surface area is 179 Å². The van der Waals surface area contributed by atoms with Gasteiger partial charge in [0.05, 0.1) is 18.4 Å². The third kappa shape index (κ3) is 4.43. The summed E-state index contributed by atoms with van der Waals surface area (Å²) in [6.45, 7) is 6.40. The van der Waals surface area contributed by atoms with Gasteiger partial charge in [-0.15, -0.1) is 0 Å². The summed E-state index contributed by atoms with van der Waals surface area (Å²) in [4.78, 5) is 30.2. The van der Waals surface area contributed by atoms with Gasteiger partial charge < -0.3 is 9.80 Å². The van der Waals surface area contributed by atoms with Crippen LogP contribution in [-0.4, -0.2) is 41.2 Å². The zero-order chi connectivity index (χ0) is 21.1. The highest BCUT2D eigenvalue weighted by Crippen LogP contribution is 2.35. The molecule has 2 unspecified atom stereocenters. The van der Waals surface area contributed by atoms with Crippen LogP contribution in [-0.2, 0) is 16.0 Å². The molecule has 2 aliphatic rings. The highest BCUT2D eigenvalue weighted by molar-refractivity contribution is 5.83. The van der Waals surface area contributed by atoms with Crippen molar-refractivity contribution >= 4 is 11.8 Å². The minimum Gasteiger partial charge on any atom is -0.342 e. The Morgan fingerprint density at radius 3 is 2.47 bits per heavy atom. The fourth-order valence-corrected chi connectivity index (χ4v) is 4.87. The van der Waals surface area contributed by atoms with E-state index in [1.165, 1.54) is 16.7 Å². The molecular formula is C26H32N2O2. The van der Waals surface area contributed by atoms with E-state index in [9.17, 15) is 9.59 Å². The Morgan fingerprint density at radius 2 is 1.70 bits per heavy atom. The summed E-state index contributed by atoms with van der Waals surface area (Å²) >= 11 is 0. The molecule has 2 aliphatic heterocycles. The van der Waals surface area contributed by atoms with E-state index in [0.717, 1.165) is 44.3 Å². The zero-order valence-corrected chi connectivity index (χ0v) is 18.1. The predicted molar refractivity (Wildman–Crippen MR) is 119 cm³/mol. The van der Waals surface area contributed by atoms with Crippen molar-refractivity contribution < 1.29 is 9.59 Å². The molecule has 2 heterocycles. The second-order valence-electron chi connectivity index (χ2n) is 8.87. The molecule has 2 atom stereocenters. The molecule has 2 aromatic carbocycles. The lowest BCUT2D eigenvalue weighted by molar-refractivity contribution is -0.141. The third-order valence-corrected chi connectivity index (χ3v) is 6.77. The number of rotatable bonds is 4. The number of benzene rings is 2. The van der Waals surface area contributed by atoms with Crippen LogP contribution in [0.5, 0.6) is 0 Å². The van der Waals surface area contributed by atoms with Crippen LogP contribution >= 0.6 is 0 Å². The molecule has 0 saturated carbocycles. The van der Waals surface area contributed by atoms with Gasteiger partial charge in [-0.05, 0) is 61.8 Å². The number of hydrogen-bond acceptors (Lipinski definition) is 2. The second-order valence-corrected chi connectivity index (χ2v) is 8.87. The lowest BCUT2D eigenvalue weighted by atomic mass is 9.94. The molecule has 2 aromatic rings. The van der Waals surface area contributed by atoms with Crippen LogP contribution in [0.25, 0.3) is 0 Å². The number of amides is 2. The Bertz CT molecular complexity index is 909. The summed E-state index contributed by atoms with van der Waals surface area (Å²) < 4.78 is 0. The van der Waals surface area contributed by atoms with Crippen molar-refractivity contribution in [1.29, 1.82) is 0 Å². The summed E-state index contributed by atoms with van der Waals surface area (Å²) in [6.07, 6.45) is 4.27. The normalized spacial score (nSPS) is 21.7. The van der Waals surface area contributed by atoms with Crippen LogP contribution in [0.1, 0.15) is 54.0 Å². The Hall–Kier alpha value is -2.62. The summed E-state index contributed by atoms with van der Waals surface area (Å²) in [5, 5.41) is 0. The number of likely N-dealkylation sites (tertiary alicyclic amines) is 2. The first-order chi connectivity index (χ1) is 14.5. The van der Waals surface area contributed by atoms with E-state index in [0.29, 0.717) is 13.0 Å². The number of hydrogen-bond donors (Lipinski definition) is 0. The van der Waals surface area contributed by atoms with Crippen molar-refractivity contribution in [2.75, 3.05) is 19.6 Å². The van der Waals surface area contributed by atoms with Crippen molar-refractivity contribution in [1.82, 2.24) is 9.80 Å². The molecule has 2 amide bonds. The zero-order valence-electron chi connectivity index (χ0n) is 18.1. The van der Waals surface area contributed by atoms with E-state index in [1.54, 1.807) is 0 Å². The number of piperidine rings is 1. The molecule has 4 heteroatoms. The lowest BCUT2D eigenvalue weighted by Gasteiger charge is -2.36. The number of carbonyl (C=O) groups is 2. The molecule has 2 fully saturated rings. The van der Waals surface area contributed by atoms with Gasteiger partial charge in [0.2, 0.25) is 11.8 Å². The topological polar surface area (TPSA) is 40.6 Å². The van der Waals surface area contributed by atoms with Crippen molar-refractivity contribution in [2.24, 2.45) is 5.92 Å². The van der Waals surface area contributed by atoms with Gasteiger partial charge in [-0.25, -0.2) is 0 Å². The maximum absolute atomic E-state index is 13.5. The molecule has 4 rings (SSSR count). The van der Waals surface area contributed by atoms with Gasteiger partial charge in [-0.1, -0.05) is 48.5 Å². The first kappa shape index (κ1) is 20.6. The molecule has 0 aromatic heterocycles. The van der Waals surface area contributed by atoms with E-state index >= 15 is 0 Å². The molecule has 0 radical (unpaired) electrons. The second kappa shape index (κ2) is 9.03. The molecule has 0 N–H and O–H groups in total. The van der Waals surface area contributed by atoms with Crippen LogP contribution in [0, 0.1) is 19.8 Å². The van der Waals surface area contributed by atoms with Crippen LogP contribution in [0.15, 0.2) is 48.5 Å². The maximum Gasteiger partial charge on any atom is 0.227 e. The lowest BCUT2D eigenvalue weighted by Crippen LogP contribution is -2.47. The highest BCUT2D eigenvalue weighted by Gasteiger charge is 2.36. The van der Waals surface area contributed by atoms with Gasteiger partial charge in [-0.2, -0.15) is 0 Å². The van der Waals surface area contributed by atoms with Crippen LogP contribution in [0.4, 0.5) is 0 Å². The molecule has 30 heavy (non-hydrogen) atoms. The minimum absolute atomic E-state index is 0.0781. The van der Waals surface area contributed by atoms with E-state index in [-0.39, 0.29) is 23.8 Å². The van der Waals surface area contributed by atoms with Crippen LogP contribution < -0.4 is 0 Å². The molecule has 0 bridgehead atoms. The fourth-order valence-electron chi connectivity index (χ4n) is 4.87. The average molecular weight is 405 g/mol. The summed E-state index contributed by atoms with van der Waals surface area (Å²) in [6, 6.07) is 16.6. The quantitative estimate of drug-likeness (QED) is 0.755. The first-order valence-corrected chi connectivity index (χ1v) is 11.2. The third-order valence-electron chi connectivity index (χ3n) is 6.77. The van der Waals surface area contributed by atoms with Crippen molar-refractivity contribution in [3.8, 4) is 0 Å². The number of aryl methyl sites for hydroxylation is 2. The maximum atomic E-state index is 13.5. The molecular weight excluding hydrogens is 372 g/mol. The van der Waals surface area contributed by atoms with E-state index < -0.39 is 0 Å². The summed E-state index contributed by atoms with van der Waals surface area (Å²) in [5.74, 6) is 0.282. The molecule has 158 valence electrons. The molecule has 2 saturated heterocycles. The van der Waals surface area contributed by atoms with Crippen LogP contribution in [0.3, 0.4) is 0 Å². The van der Waals surface area contributed by atoms with E-state index in [1.807, 2.05) is 35.2 Å². The van der Waals surface area contributed by atoms with E-state index in [2.05, 4.69) is 36.9 Å². The number of carbonyl (C=O) groups excluding carboxylic acids is 2. The first-order valence-electron chi connectivity index (χ1n) is 11.2. The van der Waals surface area contributed by atoms with Gasteiger partial charge in [-0.3, -0.25) is 9.59 Å². The van der Waals surface area contributed by atoms with Gasteiger partial charge in [0.1, 0.15) is 0 Å². The van der Waals surface area contributed by atoms with Gasteiger partial charge in [0, 0.05) is 19.6 Å². The standard InChI is InChI=1S/C26H32N2O2/c1-19-12-13-22(16-20(19)2)24-11-7-15-28(24)26(30)23-10-6-14-27(18-23)25(29)17-21-8-4-3-5-9-21/h3-5,8-9,12-13,16,23-24H,6-7,10-11,14-15,17-18H2,1-2H3. The Morgan fingerprint density at radius 1 is 0.933 bits per heavy atom. The Balaban J connectivity index is 1.43. The molecule has 4 nitrogen and oxygen atoms in total. The van der Waals surface area contributed by atoms with Crippen LogP contribution in [0.2, 0.25) is 0 Å². The SMILES string of the molecule is Cc1ccc(C2CCCN2C(=O)C2CCCN(C(=O)Cc3ccccc3)C2)cc1C.